The Balaban J connectivity index is 1.80. The summed E-state index contributed by atoms with van der Waals surface area (Å²) in [6.45, 7) is 3.21. The minimum atomic E-state index is -0.953. The summed E-state index contributed by atoms with van der Waals surface area (Å²) in [5, 5.41) is 0. The lowest BCUT2D eigenvalue weighted by molar-refractivity contribution is -0.111. The van der Waals surface area contributed by atoms with E-state index in [-0.39, 0.29) is 17.7 Å². The lowest BCUT2D eigenvalue weighted by Gasteiger charge is -2.26. The zero-order valence-electron chi connectivity index (χ0n) is 21.7. The average Bonchev–Trinajstić information content (AvgIpc) is 3.28. The highest BCUT2D eigenvalue weighted by Crippen LogP contribution is 2.42. The molecular formula is C30H30F2N4O2. The Labute approximate surface area is 220 Å². The lowest BCUT2D eigenvalue weighted by Crippen LogP contribution is -2.14. The molecule has 1 aliphatic rings. The van der Waals surface area contributed by atoms with Gasteiger partial charge < -0.3 is 15.0 Å². The number of halogens is 2. The Morgan fingerprint density at radius 3 is 2.45 bits per heavy atom. The van der Waals surface area contributed by atoms with E-state index >= 15 is 0 Å². The standard InChI is InChI=1S/C30H30F2N4O2/c1-17(33)27(18(2)37)20-10-12-26-25(16-20)35-29(36(26)21-7-5-4-6-8-21)22-13-14-34-30(38-3)28(22)19-9-11-23(31)24(32)15-19/h9-16,21H,4-8,33H2,1-3H3. The third-order valence-corrected chi connectivity index (χ3v) is 7.22. The monoisotopic (exact) mass is 516 g/mol. The number of carbonyl (C=O) groups is 1. The molecule has 0 atom stereocenters. The minimum absolute atomic E-state index is 0.115. The number of benzene rings is 2. The highest BCUT2D eigenvalue weighted by atomic mass is 19.2. The van der Waals surface area contributed by atoms with Gasteiger partial charge in [-0.2, -0.15) is 0 Å². The van der Waals surface area contributed by atoms with Crippen molar-refractivity contribution in [3.63, 3.8) is 0 Å². The highest BCUT2D eigenvalue weighted by molar-refractivity contribution is 6.20. The van der Waals surface area contributed by atoms with Crippen molar-refractivity contribution in [3.05, 3.63) is 71.6 Å². The Morgan fingerprint density at radius 2 is 1.79 bits per heavy atom. The number of nitrogens with two attached hydrogens (primary N) is 1. The quantitative estimate of drug-likeness (QED) is 0.284. The van der Waals surface area contributed by atoms with Crippen LogP contribution in [0.2, 0.25) is 0 Å². The van der Waals surface area contributed by atoms with Crippen molar-refractivity contribution in [2.45, 2.75) is 52.0 Å². The third kappa shape index (κ3) is 4.55. The number of ether oxygens (including phenoxy) is 1. The number of pyridine rings is 1. The molecule has 196 valence electrons. The number of aromatic nitrogens is 3. The van der Waals surface area contributed by atoms with Crippen LogP contribution >= 0.6 is 0 Å². The smallest absolute Gasteiger partial charge is 0.221 e. The van der Waals surface area contributed by atoms with Gasteiger partial charge in [0, 0.05) is 29.1 Å². The van der Waals surface area contributed by atoms with E-state index in [1.807, 2.05) is 24.3 Å². The Hall–Kier alpha value is -4.07. The molecule has 2 heterocycles. The van der Waals surface area contributed by atoms with E-state index in [0.717, 1.165) is 48.8 Å². The maximum absolute atomic E-state index is 14.3. The number of nitrogens with zero attached hydrogens (tertiary/aromatic N) is 3. The summed E-state index contributed by atoms with van der Waals surface area (Å²) < 4.78 is 35.9. The fraction of sp³-hybridized carbons (Fsp3) is 0.300. The van der Waals surface area contributed by atoms with Crippen LogP contribution in [0.5, 0.6) is 5.88 Å². The number of hydrogen-bond donors (Lipinski definition) is 1. The van der Waals surface area contributed by atoms with Crippen molar-refractivity contribution in [3.8, 4) is 28.4 Å². The number of hydrogen-bond acceptors (Lipinski definition) is 5. The van der Waals surface area contributed by atoms with Crippen molar-refractivity contribution in [1.29, 1.82) is 0 Å². The second-order valence-corrected chi connectivity index (χ2v) is 9.79. The van der Waals surface area contributed by atoms with E-state index in [1.54, 1.807) is 13.1 Å². The van der Waals surface area contributed by atoms with Crippen LogP contribution in [0.1, 0.15) is 57.6 Å². The summed E-state index contributed by atoms with van der Waals surface area (Å²) in [6, 6.07) is 11.6. The zero-order valence-corrected chi connectivity index (χ0v) is 21.7. The Morgan fingerprint density at radius 1 is 1.03 bits per heavy atom. The van der Waals surface area contributed by atoms with Gasteiger partial charge in [-0.05, 0) is 68.1 Å². The number of fused-ring (bicyclic) bond motifs is 1. The first-order valence-corrected chi connectivity index (χ1v) is 12.8. The van der Waals surface area contributed by atoms with Crippen LogP contribution in [0, 0.1) is 11.6 Å². The summed E-state index contributed by atoms with van der Waals surface area (Å²) in [4.78, 5) is 21.8. The molecular weight excluding hydrogens is 486 g/mol. The van der Waals surface area contributed by atoms with Gasteiger partial charge in [-0.3, -0.25) is 4.79 Å². The van der Waals surface area contributed by atoms with Crippen molar-refractivity contribution >= 4 is 22.4 Å². The van der Waals surface area contributed by atoms with E-state index in [2.05, 4.69) is 9.55 Å². The molecule has 8 heteroatoms. The molecule has 4 aromatic rings. The molecule has 1 saturated carbocycles. The van der Waals surface area contributed by atoms with Crippen molar-refractivity contribution in [2.75, 3.05) is 7.11 Å². The molecule has 1 aliphatic carbocycles. The molecule has 1 fully saturated rings. The van der Waals surface area contributed by atoms with Gasteiger partial charge in [-0.25, -0.2) is 18.7 Å². The zero-order chi connectivity index (χ0) is 27.0. The second-order valence-electron chi connectivity index (χ2n) is 9.79. The van der Waals surface area contributed by atoms with Crippen LogP contribution in [0.3, 0.4) is 0 Å². The SMILES string of the molecule is COc1nccc(-c2nc3cc(C(C(C)=O)=C(C)N)ccc3n2C2CCCCC2)c1-c1ccc(F)c(F)c1. The molecule has 0 aliphatic heterocycles. The molecule has 0 bridgehead atoms. The summed E-state index contributed by atoms with van der Waals surface area (Å²) in [5.41, 5.74) is 11.0. The predicted molar refractivity (Wildman–Crippen MR) is 144 cm³/mol. The fourth-order valence-electron chi connectivity index (χ4n) is 5.58. The highest BCUT2D eigenvalue weighted by Gasteiger charge is 2.26. The fourth-order valence-corrected chi connectivity index (χ4v) is 5.58. The van der Waals surface area contributed by atoms with Gasteiger partial charge >= 0.3 is 0 Å². The molecule has 2 aromatic heterocycles. The second kappa shape index (κ2) is 10.4. The van der Waals surface area contributed by atoms with Gasteiger partial charge in [0.25, 0.3) is 0 Å². The van der Waals surface area contributed by atoms with E-state index in [4.69, 9.17) is 15.5 Å². The molecule has 0 radical (unpaired) electrons. The van der Waals surface area contributed by atoms with Crippen LogP contribution < -0.4 is 10.5 Å². The Bertz CT molecular complexity index is 1560. The Kier molecular flexibility index (Phi) is 6.97. The van der Waals surface area contributed by atoms with Gasteiger partial charge in [0.05, 0.1) is 23.7 Å². The van der Waals surface area contributed by atoms with Gasteiger partial charge in [0.1, 0.15) is 5.82 Å². The number of imidazole rings is 1. The van der Waals surface area contributed by atoms with Crippen LogP contribution in [0.25, 0.3) is 39.1 Å². The van der Waals surface area contributed by atoms with Crippen LogP contribution in [0.15, 0.2) is 54.4 Å². The topological polar surface area (TPSA) is 83.0 Å². The van der Waals surface area contributed by atoms with Gasteiger partial charge in [0.2, 0.25) is 5.88 Å². The lowest BCUT2D eigenvalue weighted by atomic mass is 9.94. The average molecular weight is 517 g/mol. The van der Waals surface area contributed by atoms with E-state index in [9.17, 15) is 13.6 Å². The predicted octanol–water partition coefficient (Wildman–Crippen LogP) is 6.84. The largest absolute Gasteiger partial charge is 0.481 e. The van der Waals surface area contributed by atoms with Crippen LogP contribution in [0.4, 0.5) is 8.78 Å². The first-order valence-electron chi connectivity index (χ1n) is 12.8. The van der Waals surface area contributed by atoms with Gasteiger partial charge in [-0.15, -0.1) is 0 Å². The normalized spacial score (nSPS) is 15.0. The van der Waals surface area contributed by atoms with Crippen molar-refractivity contribution < 1.29 is 18.3 Å². The molecule has 38 heavy (non-hydrogen) atoms. The van der Waals surface area contributed by atoms with Crippen molar-refractivity contribution in [1.82, 2.24) is 14.5 Å². The maximum Gasteiger partial charge on any atom is 0.221 e. The van der Waals surface area contributed by atoms with E-state index in [0.29, 0.717) is 39.3 Å². The number of Topliss-reactive ketones (excluding diaryl/α,β-unsaturated/α-hetero) is 1. The van der Waals surface area contributed by atoms with Crippen LogP contribution in [-0.2, 0) is 4.79 Å². The first kappa shape index (κ1) is 25.6. The number of carbonyl (C=O) groups excluding carboxylic acids is 1. The summed E-state index contributed by atoms with van der Waals surface area (Å²) in [7, 11) is 1.50. The van der Waals surface area contributed by atoms with Gasteiger partial charge in [-0.1, -0.05) is 31.4 Å². The summed E-state index contributed by atoms with van der Waals surface area (Å²) in [5.74, 6) is -1.02. The molecule has 0 unspecified atom stereocenters. The van der Waals surface area contributed by atoms with Gasteiger partial charge in [0.15, 0.2) is 17.4 Å². The van der Waals surface area contributed by atoms with Crippen molar-refractivity contribution in [2.24, 2.45) is 5.73 Å². The van der Waals surface area contributed by atoms with E-state index < -0.39 is 11.6 Å². The number of methoxy groups -OCH3 is 1. The molecule has 0 amide bonds. The molecule has 0 saturated heterocycles. The third-order valence-electron chi connectivity index (χ3n) is 7.22. The summed E-state index contributed by atoms with van der Waals surface area (Å²) in [6.07, 6.45) is 7.05. The number of rotatable bonds is 6. The summed E-state index contributed by atoms with van der Waals surface area (Å²) >= 11 is 0. The number of allylic oxidation sites excluding steroid dienone is 2. The van der Waals surface area contributed by atoms with E-state index in [1.165, 1.54) is 26.5 Å². The molecule has 2 N–H and O–H groups in total. The molecule has 5 rings (SSSR count). The maximum atomic E-state index is 14.3. The first-order chi connectivity index (χ1) is 18.3. The number of ketones is 1. The molecule has 0 spiro atoms. The molecule has 6 nitrogen and oxygen atoms in total. The minimum Gasteiger partial charge on any atom is -0.481 e. The molecule has 2 aromatic carbocycles. The van der Waals surface area contributed by atoms with Crippen LogP contribution in [-0.4, -0.2) is 27.4 Å².